The summed E-state index contributed by atoms with van der Waals surface area (Å²) in [6, 6.07) is 5.88. The van der Waals surface area contributed by atoms with Gasteiger partial charge in [-0.25, -0.2) is 13.2 Å². The van der Waals surface area contributed by atoms with E-state index in [1.807, 2.05) is 0 Å². The van der Waals surface area contributed by atoms with Crippen LogP contribution in [0.15, 0.2) is 36.7 Å². The molecule has 4 heterocycles. The highest BCUT2D eigenvalue weighted by atomic mass is 19.3. The summed E-state index contributed by atoms with van der Waals surface area (Å²) in [7, 11) is 1.31. The molecule has 0 saturated carbocycles. The SMILES string of the molecule is COc1c(F)cccc1Nc1c(-c2ccncc2OC[C@@H]2COCCO2)[nH]c2c1C(=O)NC[C@H]2C(F)F. The average Bonchev–Trinajstić information content (AvgIpc) is 3.28. The summed E-state index contributed by atoms with van der Waals surface area (Å²) in [6.07, 6.45) is -0.0315. The van der Waals surface area contributed by atoms with Crippen LogP contribution in [0.3, 0.4) is 0 Å². The Balaban J connectivity index is 1.61. The van der Waals surface area contributed by atoms with Crippen LogP contribution in [-0.4, -0.2) is 68.5 Å². The normalized spacial score (nSPS) is 19.3. The number of methoxy groups -OCH3 is 1. The number of H-pyrrole nitrogens is 1. The van der Waals surface area contributed by atoms with E-state index < -0.39 is 24.1 Å². The van der Waals surface area contributed by atoms with Crippen molar-refractivity contribution in [2.45, 2.75) is 18.4 Å². The number of nitrogens with zero attached hydrogens (tertiary/aromatic N) is 1. The smallest absolute Gasteiger partial charge is 0.255 e. The molecular formula is C25H25F3N4O5. The number of halogens is 3. The zero-order valence-electron chi connectivity index (χ0n) is 19.9. The van der Waals surface area contributed by atoms with Gasteiger partial charge in [0.1, 0.15) is 18.5 Å². The Morgan fingerprint density at radius 3 is 2.89 bits per heavy atom. The Labute approximate surface area is 210 Å². The largest absolute Gasteiger partial charge is 0.492 e. The zero-order chi connectivity index (χ0) is 25.9. The monoisotopic (exact) mass is 518 g/mol. The number of rotatable bonds is 8. The van der Waals surface area contributed by atoms with Crippen molar-refractivity contribution in [3.8, 4) is 22.8 Å². The third-order valence-corrected chi connectivity index (χ3v) is 6.21. The van der Waals surface area contributed by atoms with Gasteiger partial charge >= 0.3 is 0 Å². The fourth-order valence-corrected chi connectivity index (χ4v) is 4.43. The fraction of sp³-hybridized carbons (Fsp3) is 0.360. The highest BCUT2D eigenvalue weighted by Crippen LogP contribution is 2.44. The van der Waals surface area contributed by atoms with Crippen molar-refractivity contribution in [1.82, 2.24) is 15.3 Å². The van der Waals surface area contributed by atoms with E-state index in [1.165, 1.54) is 31.6 Å². The van der Waals surface area contributed by atoms with Gasteiger partial charge in [-0.15, -0.1) is 0 Å². The van der Waals surface area contributed by atoms with Crippen molar-refractivity contribution in [3.63, 3.8) is 0 Å². The van der Waals surface area contributed by atoms with Crippen molar-refractivity contribution < 1.29 is 36.9 Å². The number of amides is 1. The highest BCUT2D eigenvalue weighted by molar-refractivity contribution is 6.07. The lowest BCUT2D eigenvalue weighted by molar-refractivity contribution is -0.101. The molecule has 0 radical (unpaired) electrons. The fourth-order valence-electron chi connectivity index (χ4n) is 4.43. The Hall–Kier alpha value is -3.77. The maximum atomic E-state index is 14.4. The van der Waals surface area contributed by atoms with E-state index in [0.29, 0.717) is 36.8 Å². The predicted octanol–water partition coefficient (Wildman–Crippen LogP) is 3.85. The number of aromatic nitrogens is 2. The van der Waals surface area contributed by atoms with Crippen LogP contribution in [0.5, 0.6) is 11.5 Å². The minimum Gasteiger partial charge on any atom is -0.492 e. The first-order chi connectivity index (χ1) is 18.0. The number of aromatic amines is 1. The first-order valence-electron chi connectivity index (χ1n) is 11.7. The summed E-state index contributed by atoms with van der Waals surface area (Å²) >= 11 is 0. The standard InChI is InChI=1S/C25H25F3N4O5/c1-34-23-16(26)3-2-4-17(23)31-22-19-20(15(24(27)28)9-30-25(19)33)32-21(22)14-5-6-29-10-18(14)37-12-13-11-35-7-8-36-13/h2-6,10,13,15,24,31-32H,7-9,11-12H2,1H3,(H,30,33)/t13-,15+/m0/s1. The molecule has 1 amide bonds. The van der Waals surface area contributed by atoms with Crippen molar-refractivity contribution in [3.05, 3.63) is 53.7 Å². The summed E-state index contributed by atoms with van der Waals surface area (Å²) in [5.74, 6) is -2.20. The van der Waals surface area contributed by atoms with E-state index in [2.05, 4.69) is 20.6 Å². The summed E-state index contributed by atoms with van der Waals surface area (Å²) in [5.41, 5.74) is 1.22. The van der Waals surface area contributed by atoms with Crippen molar-refractivity contribution >= 4 is 17.3 Å². The number of alkyl halides is 2. The number of hydrogen-bond donors (Lipinski definition) is 3. The molecule has 0 unspecified atom stereocenters. The third-order valence-electron chi connectivity index (χ3n) is 6.21. The molecule has 3 aromatic rings. The molecule has 2 atom stereocenters. The van der Waals surface area contributed by atoms with Gasteiger partial charge in [0.05, 0.1) is 61.7 Å². The van der Waals surface area contributed by atoms with Crippen LogP contribution < -0.4 is 20.1 Å². The molecule has 2 aliphatic heterocycles. The number of ether oxygens (including phenoxy) is 4. The van der Waals surface area contributed by atoms with Gasteiger partial charge in [0, 0.05) is 24.0 Å². The van der Waals surface area contributed by atoms with Gasteiger partial charge in [-0.1, -0.05) is 6.07 Å². The molecular weight excluding hydrogens is 493 g/mol. The molecule has 0 aliphatic carbocycles. The van der Waals surface area contributed by atoms with Crippen molar-refractivity contribution in [2.24, 2.45) is 0 Å². The number of para-hydroxylation sites is 1. The first-order valence-corrected chi connectivity index (χ1v) is 11.7. The molecule has 9 nitrogen and oxygen atoms in total. The number of fused-ring (bicyclic) bond motifs is 1. The van der Waals surface area contributed by atoms with Gasteiger partial charge < -0.3 is 34.6 Å². The molecule has 12 heteroatoms. The molecule has 1 saturated heterocycles. The number of pyridine rings is 1. The second-order valence-corrected chi connectivity index (χ2v) is 8.51. The molecule has 0 spiro atoms. The summed E-state index contributed by atoms with van der Waals surface area (Å²) in [6.45, 7) is 1.26. The molecule has 196 valence electrons. The first kappa shape index (κ1) is 24.9. The maximum absolute atomic E-state index is 14.4. The van der Waals surface area contributed by atoms with Gasteiger partial charge in [0.2, 0.25) is 6.43 Å². The van der Waals surface area contributed by atoms with Crippen LogP contribution in [-0.2, 0) is 9.47 Å². The van der Waals surface area contributed by atoms with Crippen LogP contribution in [0.2, 0.25) is 0 Å². The molecule has 1 fully saturated rings. The molecule has 2 aromatic heterocycles. The van der Waals surface area contributed by atoms with Gasteiger partial charge in [-0.05, 0) is 18.2 Å². The Bertz CT molecular complexity index is 1280. The lowest BCUT2D eigenvalue weighted by atomic mass is 9.96. The number of carbonyl (C=O) groups excluding carboxylic acids is 1. The van der Waals surface area contributed by atoms with Crippen LogP contribution in [0.4, 0.5) is 24.5 Å². The van der Waals surface area contributed by atoms with Crippen molar-refractivity contribution in [2.75, 3.05) is 45.4 Å². The molecule has 1 aromatic carbocycles. The number of hydrogen-bond acceptors (Lipinski definition) is 7. The van der Waals surface area contributed by atoms with Crippen molar-refractivity contribution in [1.29, 1.82) is 0 Å². The quantitative estimate of drug-likeness (QED) is 0.416. The van der Waals surface area contributed by atoms with Crippen LogP contribution in [0.1, 0.15) is 22.0 Å². The van der Waals surface area contributed by atoms with E-state index in [9.17, 15) is 18.0 Å². The second kappa shape index (κ2) is 10.7. The number of carbonyl (C=O) groups is 1. The van der Waals surface area contributed by atoms with Crippen LogP contribution in [0, 0.1) is 5.82 Å². The van der Waals surface area contributed by atoms with Gasteiger partial charge in [-0.2, -0.15) is 0 Å². The molecule has 37 heavy (non-hydrogen) atoms. The maximum Gasteiger partial charge on any atom is 0.255 e. The average molecular weight is 518 g/mol. The Morgan fingerprint density at radius 2 is 2.14 bits per heavy atom. The number of nitrogens with one attached hydrogen (secondary N) is 3. The number of benzene rings is 1. The summed E-state index contributed by atoms with van der Waals surface area (Å²) in [4.78, 5) is 20.1. The highest BCUT2D eigenvalue weighted by Gasteiger charge is 2.37. The lowest BCUT2D eigenvalue weighted by Crippen LogP contribution is -2.37. The van der Waals surface area contributed by atoms with Crippen LogP contribution >= 0.6 is 0 Å². The van der Waals surface area contributed by atoms with E-state index in [4.69, 9.17) is 18.9 Å². The predicted molar refractivity (Wildman–Crippen MR) is 127 cm³/mol. The molecule has 3 N–H and O–H groups in total. The molecule has 2 aliphatic rings. The van der Waals surface area contributed by atoms with Gasteiger partial charge in [-0.3, -0.25) is 9.78 Å². The lowest BCUT2D eigenvalue weighted by Gasteiger charge is -2.23. The second-order valence-electron chi connectivity index (χ2n) is 8.51. The summed E-state index contributed by atoms with van der Waals surface area (Å²) < 4.78 is 64.6. The molecule has 0 bridgehead atoms. The Kier molecular flexibility index (Phi) is 7.19. The summed E-state index contributed by atoms with van der Waals surface area (Å²) in [5, 5.41) is 5.56. The number of anilines is 2. The zero-order valence-corrected chi connectivity index (χ0v) is 19.9. The van der Waals surface area contributed by atoms with E-state index >= 15 is 0 Å². The van der Waals surface area contributed by atoms with E-state index in [1.54, 1.807) is 12.1 Å². The minimum atomic E-state index is -2.74. The topological polar surface area (TPSA) is 107 Å². The van der Waals surface area contributed by atoms with E-state index in [-0.39, 0.29) is 47.6 Å². The third kappa shape index (κ3) is 4.94. The van der Waals surface area contributed by atoms with E-state index in [0.717, 1.165) is 0 Å². The van der Waals surface area contributed by atoms with Gasteiger partial charge in [0.25, 0.3) is 5.91 Å². The minimum absolute atomic E-state index is 0.00430. The van der Waals surface area contributed by atoms with Crippen LogP contribution in [0.25, 0.3) is 11.3 Å². The Morgan fingerprint density at radius 1 is 1.27 bits per heavy atom. The van der Waals surface area contributed by atoms with Gasteiger partial charge in [0.15, 0.2) is 11.6 Å². The molecule has 5 rings (SSSR count).